The normalized spacial score (nSPS) is 11.8. The molecule has 0 aromatic rings. The van der Waals surface area contributed by atoms with Crippen LogP contribution in [-0.2, 0) is 14.3 Å². The van der Waals surface area contributed by atoms with E-state index in [0.29, 0.717) is 13.2 Å². The molecule has 166 valence electrons. The van der Waals surface area contributed by atoms with Crippen LogP contribution in [0.1, 0.15) is 117 Å². The first kappa shape index (κ1) is 26.7. The smallest absolute Gasteiger partial charge is 0.407 e. The zero-order valence-corrected chi connectivity index (χ0v) is 18.7. The molecular formula is C23H45NO4. The highest BCUT2D eigenvalue weighted by molar-refractivity contribution is 5.80. The Balaban J connectivity index is 3.38. The second-order valence-corrected chi connectivity index (χ2v) is 7.77. The van der Waals surface area contributed by atoms with Crippen LogP contribution in [0.25, 0.3) is 0 Å². The minimum absolute atomic E-state index is 0.378. The average Bonchev–Trinajstić information content (AvgIpc) is 2.68. The van der Waals surface area contributed by atoms with Crippen LogP contribution in [0, 0.1) is 0 Å². The Labute approximate surface area is 173 Å². The largest absolute Gasteiger partial charge is 0.464 e. The van der Waals surface area contributed by atoms with E-state index in [1.807, 2.05) is 6.92 Å². The molecule has 0 saturated heterocycles. The molecule has 0 aromatic carbocycles. The lowest BCUT2D eigenvalue weighted by atomic mass is 10.0. The Kier molecular flexibility index (Phi) is 19.6. The molecule has 0 aliphatic carbocycles. The number of amides is 1. The summed E-state index contributed by atoms with van der Waals surface area (Å²) in [5.74, 6) is -0.397. The van der Waals surface area contributed by atoms with E-state index in [2.05, 4.69) is 12.2 Å². The lowest BCUT2D eigenvalue weighted by Gasteiger charge is -2.13. The fourth-order valence-corrected chi connectivity index (χ4v) is 3.00. The monoisotopic (exact) mass is 399 g/mol. The summed E-state index contributed by atoms with van der Waals surface area (Å²) in [6.45, 7) is 6.71. The summed E-state index contributed by atoms with van der Waals surface area (Å²) in [4.78, 5) is 23.3. The fraction of sp³-hybridized carbons (Fsp3) is 0.913. The molecule has 5 heteroatoms. The van der Waals surface area contributed by atoms with Gasteiger partial charge in [0.15, 0.2) is 0 Å². The number of carbonyl (C=O) groups is 2. The van der Waals surface area contributed by atoms with Gasteiger partial charge in [-0.05, 0) is 19.8 Å². The second kappa shape index (κ2) is 20.5. The minimum atomic E-state index is -0.670. The molecule has 0 aliphatic heterocycles. The van der Waals surface area contributed by atoms with Crippen molar-refractivity contribution in [2.24, 2.45) is 0 Å². The second-order valence-electron chi connectivity index (χ2n) is 7.77. The zero-order chi connectivity index (χ0) is 20.9. The van der Waals surface area contributed by atoms with Gasteiger partial charge >= 0.3 is 12.1 Å². The number of unbranched alkanes of at least 4 members (excludes halogenated alkanes) is 13. The van der Waals surface area contributed by atoms with Crippen molar-refractivity contribution in [2.75, 3.05) is 13.2 Å². The molecular weight excluding hydrogens is 354 g/mol. The molecule has 0 rings (SSSR count). The maximum Gasteiger partial charge on any atom is 0.407 e. The van der Waals surface area contributed by atoms with Gasteiger partial charge in [-0.1, -0.05) is 97.3 Å². The Bertz CT molecular complexity index is 374. The highest BCUT2D eigenvalue weighted by Crippen LogP contribution is 2.12. The van der Waals surface area contributed by atoms with Crippen LogP contribution in [0.5, 0.6) is 0 Å². The van der Waals surface area contributed by atoms with E-state index in [9.17, 15) is 9.59 Å². The number of rotatable bonds is 19. The molecule has 5 nitrogen and oxygen atoms in total. The van der Waals surface area contributed by atoms with Gasteiger partial charge in [0.2, 0.25) is 0 Å². The number of ether oxygens (including phenoxy) is 2. The van der Waals surface area contributed by atoms with Crippen LogP contribution < -0.4 is 5.32 Å². The van der Waals surface area contributed by atoms with Gasteiger partial charge in [-0.2, -0.15) is 0 Å². The van der Waals surface area contributed by atoms with Gasteiger partial charge in [0.1, 0.15) is 6.04 Å². The third-order valence-electron chi connectivity index (χ3n) is 4.91. The highest BCUT2D eigenvalue weighted by Gasteiger charge is 2.17. The van der Waals surface area contributed by atoms with E-state index in [0.717, 1.165) is 25.7 Å². The van der Waals surface area contributed by atoms with Gasteiger partial charge in [-0.3, -0.25) is 0 Å². The van der Waals surface area contributed by atoms with Gasteiger partial charge in [0.05, 0.1) is 13.2 Å². The van der Waals surface area contributed by atoms with Crippen molar-refractivity contribution < 1.29 is 19.1 Å². The van der Waals surface area contributed by atoms with Gasteiger partial charge in [-0.25, -0.2) is 9.59 Å². The van der Waals surface area contributed by atoms with E-state index in [1.165, 1.54) is 70.6 Å². The Morgan fingerprint density at radius 2 is 1.07 bits per heavy atom. The number of nitrogens with one attached hydrogen (secondary N) is 1. The van der Waals surface area contributed by atoms with E-state index in [1.54, 1.807) is 6.92 Å². The van der Waals surface area contributed by atoms with E-state index in [-0.39, 0.29) is 0 Å². The quantitative estimate of drug-likeness (QED) is 0.198. The van der Waals surface area contributed by atoms with Gasteiger partial charge < -0.3 is 14.8 Å². The Hall–Kier alpha value is -1.26. The SMILES string of the molecule is CCCCCCCCCCCCCCCOC(=O)C(C)NC(=O)OCCCC. The highest BCUT2D eigenvalue weighted by atomic mass is 16.6. The fourth-order valence-electron chi connectivity index (χ4n) is 3.00. The number of carbonyl (C=O) groups excluding carboxylic acids is 2. The molecule has 0 heterocycles. The van der Waals surface area contributed by atoms with Crippen molar-refractivity contribution in [3.8, 4) is 0 Å². The van der Waals surface area contributed by atoms with Crippen LogP contribution in [0.3, 0.4) is 0 Å². The third kappa shape index (κ3) is 18.1. The molecule has 0 fully saturated rings. The molecule has 1 amide bonds. The Morgan fingerprint density at radius 3 is 1.57 bits per heavy atom. The van der Waals surface area contributed by atoms with Gasteiger partial charge in [0.25, 0.3) is 0 Å². The molecule has 1 atom stereocenters. The summed E-state index contributed by atoms with van der Waals surface area (Å²) in [6.07, 6.45) is 18.0. The molecule has 0 aromatic heterocycles. The molecule has 0 bridgehead atoms. The van der Waals surface area contributed by atoms with Crippen molar-refractivity contribution in [2.45, 2.75) is 123 Å². The van der Waals surface area contributed by atoms with Crippen LogP contribution in [0.4, 0.5) is 4.79 Å². The zero-order valence-electron chi connectivity index (χ0n) is 18.7. The van der Waals surface area contributed by atoms with Crippen molar-refractivity contribution in [1.82, 2.24) is 5.32 Å². The first-order chi connectivity index (χ1) is 13.6. The van der Waals surface area contributed by atoms with E-state index < -0.39 is 18.1 Å². The molecule has 0 spiro atoms. The lowest BCUT2D eigenvalue weighted by molar-refractivity contribution is -0.145. The predicted octanol–water partition coefficient (Wildman–Crippen LogP) is 6.54. The van der Waals surface area contributed by atoms with Crippen molar-refractivity contribution in [3.05, 3.63) is 0 Å². The topological polar surface area (TPSA) is 64.6 Å². The van der Waals surface area contributed by atoms with Crippen molar-refractivity contribution in [3.63, 3.8) is 0 Å². The summed E-state index contributed by atoms with van der Waals surface area (Å²) in [5.41, 5.74) is 0. The first-order valence-corrected chi connectivity index (χ1v) is 11.7. The molecule has 0 aliphatic rings. The molecule has 1 unspecified atom stereocenters. The maximum absolute atomic E-state index is 11.8. The maximum atomic E-state index is 11.8. The number of hydrogen-bond acceptors (Lipinski definition) is 4. The number of esters is 1. The number of hydrogen-bond donors (Lipinski definition) is 1. The van der Waals surface area contributed by atoms with Crippen LogP contribution in [-0.4, -0.2) is 31.3 Å². The first-order valence-electron chi connectivity index (χ1n) is 11.7. The average molecular weight is 400 g/mol. The van der Waals surface area contributed by atoms with E-state index in [4.69, 9.17) is 9.47 Å². The number of alkyl carbamates (subject to hydrolysis) is 1. The van der Waals surface area contributed by atoms with E-state index >= 15 is 0 Å². The summed E-state index contributed by atoms with van der Waals surface area (Å²) >= 11 is 0. The van der Waals surface area contributed by atoms with Gasteiger partial charge in [-0.15, -0.1) is 0 Å². The third-order valence-corrected chi connectivity index (χ3v) is 4.91. The lowest BCUT2D eigenvalue weighted by Crippen LogP contribution is -2.40. The summed E-state index contributed by atoms with van der Waals surface area (Å²) in [6, 6.07) is -0.670. The Morgan fingerprint density at radius 1 is 0.643 bits per heavy atom. The molecule has 28 heavy (non-hydrogen) atoms. The van der Waals surface area contributed by atoms with Crippen LogP contribution >= 0.6 is 0 Å². The van der Waals surface area contributed by atoms with Crippen molar-refractivity contribution in [1.29, 1.82) is 0 Å². The summed E-state index contributed by atoms with van der Waals surface area (Å²) in [7, 11) is 0. The van der Waals surface area contributed by atoms with Crippen LogP contribution in [0.15, 0.2) is 0 Å². The molecule has 0 radical (unpaired) electrons. The standard InChI is InChI=1S/C23H45NO4/c1-4-6-8-9-10-11-12-13-14-15-16-17-18-20-27-22(25)21(3)24-23(26)28-19-7-5-2/h21H,4-20H2,1-3H3,(H,24,26). The summed E-state index contributed by atoms with van der Waals surface area (Å²) in [5, 5.41) is 2.50. The minimum Gasteiger partial charge on any atom is -0.464 e. The van der Waals surface area contributed by atoms with Crippen LogP contribution in [0.2, 0.25) is 0 Å². The summed E-state index contributed by atoms with van der Waals surface area (Å²) < 4.78 is 10.2. The van der Waals surface area contributed by atoms with Gasteiger partial charge in [0, 0.05) is 0 Å². The molecule has 0 saturated carbocycles. The molecule has 1 N–H and O–H groups in total. The predicted molar refractivity (Wildman–Crippen MR) is 116 cm³/mol. The van der Waals surface area contributed by atoms with Crippen molar-refractivity contribution >= 4 is 12.1 Å².